The van der Waals surface area contributed by atoms with E-state index in [1.165, 1.54) is 0 Å². The first kappa shape index (κ1) is 18.7. The molecule has 0 aliphatic heterocycles. The van der Waals surface area contributed by atoms with E-state index in [-0.39, 0.29) is 11.6 Å². The molecule has 1 atom stereocenters. The highest BCUT2D eigenvalue weighted by Crippen LogP contribution is 2.22. The number of hydrogen-bond donors (Lipinski definition) is 1. The van der Waals surface area contributed by atoms with Crippen LogP contribution in [0.25, 0.3) is 10.9 Å². The number of fused-ring (bicyclic) bond motifs is 1. The lowest BCUT2D eigenvalue weighted by Crippen LogP contribution is -2.29. The van der Waals surface area contributed by atoms with Gasteiger partial charge in [0.1, 0.15) is 11.6 Å². The quantitative estimate of drug-likeness (QED) is 0.526. The van der Waals surface area contributed by atoms with Gasteiger partial charge in [-0.15, -0.1) is 0 Å². The van der Waals surface area contributed by atoms with Gasteiger partial charge >= 0.3 is 0 Å². The third-order valence-corrected chi connectivity index (χ3v) is 4.94. The fraction of sp³-hybridized carbons (Fsp3) is 0.167. The van der Waals surface area contributed by atoms with Gasteiger partial charge in [0.15, 0.2) is 0 Å². The van der Waals surface area contributed by atoms with Crippen molar-refractivity contribution in [2.75, 3.05) is 12.4 Å². The lowest BCUT2D eigenvalue weighted by molar-refractivity contribution is 0.415. The maximum Gasteiger partial charge on any atom is 0.261 e. The number of hydrogen-bond acceptors (Lipinski definition) is 4. The number of benzene rings is 3. The highest BCUT2D eigenvalue weighted by molar-refractivity contribution is 5.77. The maximum absolute atomic E-state index is 13.3. The van der Waals surface area contributed by atoms with E-state index >= 15 is 0 Å². The summed E-state index contributed by atoms with van der Waals surface area (Å²) in [4.78, 5) is 18.1. The van der Waals surface area contributed by atoms with Crippen molar-refractivity contribution in [3.05, 3.63) is 101 Å². The Hall–Kier alpha value is -3.60. The molecule has 0 fully saturated rings. The Balaban J connectivity index is 1.76. The standard InChI is InChI=1S/C24H23N3O2/c1-17(25-19-12-14-20(29-2)15-13-19)23-26-22-11-7-6-10-21(22)24(28)27(23)16-18-8-4-3-5-9-18/h3-15,17,25H,16H2,1-2H3. The van der Waals surface area contributed by atoms with Crippen molar-refractivity contribution in [1.82, 2.24) is 9.55 Å². The average Bonchev–Trinajstić information content (AvgIpc) is 2.77. The summed E-state index contributed by atoms with van der Waals surface area (Å²) in [6.07, 6.45) is 0. The van der Waals surface area contributed by atoms with Gasteiger partial charge in [-0.2, -0.15) is 0 Å². The Bertz CT molecular complexity index is 1170. The molecule has 0 saturated heterocycles. The highest BCUT2D eigenvalue weighted by atomic mass is 16.5. The predicted molar refractivity (Wildman–Crippen MR) is 117 cm³/mol. The minimum absolute atomic E-state index is 0.0298. The zero-order chi connectivity index (χ0) is 20.2. The summed E-state index contributed by atoms with van der Waals surface area (Å²) in [5, 5.41) is 4.08. The van der Waals surface area contributed by atoms with Gasteiger partial charge in [-0.3, -0.25) is 9.36 Å². The second-order valence-corrected chi connectivity index (χ2v) is 6.96. The third kappa shape index (κ3) is 3.99. The zero-order valence-corrected chi connectivity index (χ0v) is 16.5. The molecule has 0 saturated carbocycles. The first-order valence-electron chi connectivity index (χ1n) is 9.59. The van der Waals surface area contributed by atoms with Crippen LogP contribution in [0, 0.1) is 0 Å². The monoisotopic (exact) mass is 385 g/mol. The highest BCUT2D eigenvalue weighted by Gasteiger charge is 2.17. The Labute approximate surface area is 169 Å². The van der Waals surface area contributed by atoms with Crippen LogP contribution in [0.15, 0.2) is 83.7 Å². The van der Waals surface area contributed by atoms with Gasteiger partial charge in [-0.1, -0.05) is 42.5 Å². The zero-order valence-electron chi connectivity index (χ0n) is 16.5. The van der Waals surface area contributed by atoms with Crippen LogP contribution in [0.1, 0.15) is 24.4 Å². The van der Waals surface area contributed by atoms with Crippen LogP contribution in [0.4, 0.5) is 5.69 Å². The Kier molecular flexibility index (Phi) is 5.29. The van der Waals surface area contributed by atoms with E-state index in [1.807, 2.05) is 85.8 Å². The fourth-order valence-corrected chi connectivity index (χ4v) is 3.44. The molecule has 1 aromatic heterocycles. The van der Waals surface area contributed by atoms with Gasteiger partial charge in [0, 0.05) is 5.69 Å². The summed E-state index contributed by atoms with van der Waals surface area (Å²) in [7, 11) is 1.65. The van der Waals surface area contributed by atoms with Crippen LogP contribution < -0.4 is 15.6 Å². The minimum atomic E-state index is -0.163. The van der Waals surface area contributed by atoms with Gasteiger partial charge < -0.3 is 10.1 Å². The fourth-order valence-electron chi connectivity index (χ4n) is 3.44. The number of rotatable bonds is 6. The molecule has 4 rings (SSSR count). The lowest BCUT2D eigenvalue weighted by atomic mass is 10.1. The van der Waals surface area contributed by atoms with Crippen LogP contribution in [0.3, 0.4) is 0 Å². The molecule has 0 amide bonds. The molecule has 0 radical (unpaired) electrons. The van der Waals surface area contributed by atoms with Crippen molar-refractivity contribution < 1.29 is 4.74 Å². The summed E-state index contributed by atoms with van der Waals surface area (Å²) < 4.78 is 6.99. The van der Waals surface area contributed by atoms with Crippen LogP contribution in [0.5, 0.6) is 5.75 Å². The van der Waals surface area contributed by atoms with E-state index < -0.39 is 0 Å². The van der Waals surface area contributed by atoms with E-state index in [1.54, 1.807) is 11.7 Å². The molecule has 146 valence electrons. The topological polar surface area (TPSA) is 56.1 Å². The molecule has 4 aromatic rings. The van der Waals surface area contributed by atoms with Crippen molar-refractivity contribution in [1.29, 1.82) is 0 Å². The molecular weight excluding hydrogens is 362 g/mol. The molecule has 29 heavy (non-hydrogen) atoms. The van der Waals surface area contributed by atoms with Crippen molar-refractivity contribution in [3.8, 4) is 5.75 Å². The lowest BCUT2D eigenvalue weighted by Gasteiger charge is -2.20. The Morgan fingerprint density at radius 3 is 2.38 bits per heavy atom. The summed E-state index contributed by atoms with van der Waals surface area (Å²) in [5.74, 6) is 1.50. The van der Waals surface area contributed by atoms with Gasteiger partial charge in [-0.05, 0) is 48.9 Å². The second kappa shape index (κ2) is 8.19. The van der Waals surface area contributed by atoms with Gasteiger partial charge in [-0.25, -0.2) is 4.98 Å². The number of ether oxygens (including phenoxy) is 1. The summed E-state index contributed by atoms with van der Waals surface area (Å²) in [6, 6.07) is 25.0. The van der Waals surface area contributed by atoms with Crippen molar-refractivity contribution in [2.24, 2.45) is 0 Å². The predicted octanol–water partition coefficient (Wildman–Crippen LogP) is 4.63. The molecule has 5 heteroatoms. The van der Waals surface area contributed by atoms with Crippen LogP contribution in [-0.2, 0) is 6.54 Å². The molecule has 0 aliphatic carbocycles. The minimum Gasteiger partial charge on any atom is -0.497 e. The number of aromatic nitrogens is 2. The van der Waals surface area contributed by atoms with E-state index in [0.717, 1.165) is 17.0 Å². The van der Waals surface area contributed by atoms with Gasteiger partial charge in [0.2, 0.25) is 0 Å². The first-order chi connectivity index (χ1) is 14.2. The van der Waals surface area contributed by atoms with Crippen LogP contribution >= 0.6 is 0 Å². The average molecular weight is 385 g/mol. The SMILES string of the molecule is COc1ccc(NC(C)c2nc3ccccc3c(=O)n2Cc2ccccc2)cc1. The smallest absolute Gasteiger partial charge is 0.261 e. The largest absolute Gasteiger partial charge is 0.497 e. The maximum atomic E-state index is 13.3. The molecule has 1 N–H and O–H groups in total. The second-order valence-electron chi connectivity index (χ2n) is 6.96. The number of methoxy groups -OCH3 is 1. The van der Waals surface area contributed by atoms with Crippen LogP contribution in [0.2, 0.25) is 0 Å². The van der Waals surface area contributed by atoms with E-state index in [9.17, 15) is 4.79 Å². The van der Waals surface area contributed by atoms with Gasteiger partial charge in [0.05, 0.1) is 30.6 Å². The molecule has 0 spiro atoms. The Morgan fingerprint density at radius 2 is 1.66 bits per heavy atom. The van der Waals surface area contributed by atoms with Crippen molar-refractivity contribution >= 4 is 16.6 Å². The van der Waals surface area contributed by atoms with Crippen molar-refractivity contribution in [3.63, 3.8) is 0 Å². The number of para-hydroxylation sites is 1. The number of nitrogens with zero attached hydrogens (tertiary/aromatic N) is 2. The molecule has 5 nitrogen and oxygen atoms in total. The molecular formula is C24H23N3O2. The Morgan fingerprint density at radius 1 is 0.966 bits per heavy atom. The van der Waals surface area contributed by atoms with Gasteiger partial charge in [0.25, 0.3) is 5.56 Å². The summed E-state index contributed by atoms with van der Waals surface area (Å²) in [6.45, 7) is 2.49. The first-order valence-corrected chi connectivity index (χ1v) is 9.59. The summed E-state index contributed by atoms with van der Waals surface area (Å²) >= 11 is 0. The third-order valence-electron chi connectivity index (χ3n) is 4.94. The van der Waals surface area contributed by atoms with Crippen LogP contribution in [-0.4, -0.2) is 16.7 Å². The van der Waals surface area contributed by atoms with E-state index in [2.05, 4.69) is 5.32 Å². The van der Waals surface area contributed by atoms with Crippen molar-refractivity contribution in [2.45, 2.75) is 19.5 Å². The van der Waals surface area contributed by atoms with E-state index in [0.29, 0.717) is 23.3 Å². The molecule has 0 aliphatic rings. The molecule has 1 unspecified atom stereocenters. The summed E-state index contributed by atoms with van der Waals surface area (Å²) in [5.41, 5.74) is 2.68. The van der Waals surface area contributed by atoms with E-state index in [4.69, 9.17) is 9.72 Å². The number of anilines is 1. The molecule has 3 aromatic carbocycles. The molecule has 1 heterocycles. The number of nitrogens with one attached hydrogen (secondary N) is 1. The normalized spacial score (nSPS) is 11.9. The molecule has 0 bridgehead atoms.